The summed E-state index contributed by atoms with van der Waals surface area (Å²) >= 11 is 17.7. The minimum Gasteiger partial charge on any atom is -0.321 e. The Balaban J connectivity index is 2.26. The molecule has 0 saturated heterocycles. The molecule has 0 unspecified atom stereocenters. The summed E-state index contributed by atoms with van der Waals surface area (Å²) in [5, 5.41) is 13.0. The number of benzene rings is 2. The van der Waals surface area contributed by atoms with Gasteiger partial charge in [-0.25, -0.2) is 0 Å². The lowest BCUT2D eigenvalue weighted by atomic mass is 10.1. The van der Waals surface area contributed by atoms with Crippen molar-refractivity contribution in [2.75, 3.05) is 5.32 Å². The van der Waals surface area contributed by atoms with Gasteiger partial charge in [-0.1, -0.05) is 46.9 Å². The Kier molecular flexibility index (Phi) is 5.46. The smallest absolute Gasteiger partial charge is 0.266 e. The second-order valence-electron chi connectivity index (χ2n) is 4.27. The third kappa shape index (κ3) is 4.02. The average Bonchev–Trinajstić information content (AvgIpc) is 2.51. The van der Waals surface area contributed by atoms with Crippen molar-refractivity contribution >= 4 is 52.5 Å². The van der Waals surface area contributed by atoms with Crippen molar-refractivity contribution in [1.82, 2.24) is 0 Å². The topological polar surface area (TPSA) is 52.9 Å². The number of hydrogen-bond acceptors (Lipinski definition) is 2. The molecule has 6 heteroatoms. The van der Waals surface area contributed by atoms with Gasteiger partial charge in [0.2, 0.25) is 0 Å². The highest BCUT2D eigenvalue weighted by Crippen LogP contribution is 2.27. The van der Waals surface area contributed by atoms with E-state index in [0.717, 1.165) is 0 Å². The lowest BCUT2D eigenvalue weighted by Gasteiger charge is -2.05. The molecule has 3 nitrogen and oxygen atoms in total. The van der Waals surface area contributed by atoms with Gasteiger partial charge in [0.25, 0.3) is 5.91 Å². The first-order valence-electron chi connectivity index (χ1n) is 6.14. The molecule has 22 heavy (non-hydrogen) atoms. The number of nitriles is 1. The number of rotatable bonds is 3. The summed E-state index contributed by atoms with van der Waals surface area (Å²) in [6, 6.07) is 13.4. The molecule has 110 valence electrons. The number of carbonyl (C=O) groups is 1. The summed E-state index contributed by atoms with van der Waals surface area (Å²) in [4.78, 5) is 12.1. The Labute approximate surface area is 142 Å². The van der Waals surface area contributed by atoms with Crippen LogP contribution in [0.1, 0.15) is 5.56 Å². The molecule has 1 amide bonds. The van der Waals surface area contributed by atoms with Gasteiger partial charge < -0.3 is 5.32 Å². The monoisotopic (exact) mass is 350 g/mol. The van der Waals surface area contributed by atoms with Gasteiger partial charge >= 0.3 is 0 Å². The van der Waals surface area contributed by atoms with Crippen LogP contribution < -0.4 is 5.32 Å². The summed E-state index contributed by atoms with van der Waals surface area (Å²) < 4.78 is 0. The van der Waals surface area contributed by atoms with Crippen LogP contribution in [-0.4, -0.2) is 5.91 Å². The summed E-state index contributed by atoms with van der Waals surface area (Å²) in [6.45, 7) is 0. The number of amides is 1. The molecule has 0 aliphatic rings. The Hall–Kier alpha value is -1.99. The van der Waals surface area contributed by atoms with Gasteiger partial charge in [-0.2, -0.15) is 5.26 Å². The maximum Gasteiger partial charge on any atom is 0.266 e. The molecular formula is C16H9Cl3N2O. The first-order chi connectivity index (χ1) is 10.5. The molecule has 2 aromatic rings. The Morgan fingerprint density at radius 2 is 1.77 bits per heavy atom. The van der Waals surface area contributed by atoms with Crippen molar-refractivity contribution in [3.63, 3.8) is 0 Å². The highest BCUT2D eigenvalue weighted by atomic mass is 35.5. The first kappa shape index (κ1) is 16.4. The SMILES string of the molecule is N#C/C(=C\c1cccc(Cl)c1Cl)C(=O)Nc1ccc(Cl)cc1. The van der Waals surface area contributed by atoms with E-state index in [0.29, 0.717) is 21.3 Å². The normalized spacial score (nSPS) is 10.9. The first-order valence-corrected chi connectivity index (χ1v) is 7.27. The maximum absolute atomic E-state index is 12.1. The van der Waals surface area contributed by atoms with E-state index >= 15 is 0 Å². The zero-order valence-corrected chi connectivity index (χ0v) is 13.4. The molecule has 2 aromatic carbocycles. The highest BCUT2D eigenvalue weighted by molar-refractivity contribution is 6.43. The average molecular weight is 352 g/mol. The predicted molar refractivity (Wildman–Crippen MR) is 90.1 cm³/mol. The van der Waals surface area contributed by atoms with Crippen molar-refractivity contribution in [2.24, 2.45) is 0 Å². The van der Waals surface area contributed by atoms with E-state index in [9.17, 15) is 4.79 Å². The van der Waals surface area contributed by atoms with Crippen molar-refractivity contribution in [3.8, 4) is 6.07 Å². The lowest BCUT2D eigenvalue weighted by Crippen LogP contribution is -2.13. The van der Waals surface area contributed by atoms with Crippen LogP contribution in [0.25, 0.3) is 6.08 Å². The molecule has 0 aliphatic heterocycles. The van der Waals surface area contributed by atoms with E-state index in [2.05, 4.69) is 5.32 Å². The van der Waals surface area contributed by atoms with Crippen LogP contribution in [0, 0.1) is 11.3 Å². The van der Waals surface area contributed by atoms with Gasteiger partial charge in [-0.3, -0.25) is 4.79 Å². The summed E-state index contributed by atoms with van der Waals surface area (Å²) in [7, 11) is 0. The van der Waals surface area contributed by atoms with E-state index in [4.69, 9.17) is 40.1 Å². The molecule has 1 N–H and O–H groups in total. The lowest BCUT2D eigenvalue weighted by molar-refractivity contribution is -0.112. The Morgan fingerprint density at radius 3 is 2.41 bits per heavy atom. The van der Waals surface area contributed by atoms with Gasteiger partial charge in [-0.05, 0) is 42.0 Å². The number of nitrogens with zero attached hydrogens (tertiary/aromatic N) is 1. The third-order valence-corrected chi connectivity index (χ3v) is 3.83. The fourth-order valence-corrected chi connectivity index (χ4v) is 2.16. The number of anilines is 1. The van der Waals surface area contributed by atoms with Crippen LogP contribution in [0.4, 0.5) is 5.69 Å². The standard InChI is InChI=1S/C16H9Cl3N2O/c17-12-4-6-13(7-5-12)21-16(22)11(9-20)8-10-2-1-3-14(18)15(10)19/h1-8H,(H,21,22)/b11-8+. The third-order valence-electron chi connectivity index (χ3n) is 2.75. The number of halogens is 3. The Morgan fingerprint density at radius 1 is 1.09 bits per heavy atom. The van der Waals surface area contributed by atoms with Crippen molar-refractivity contribution < 1.29 is 4.79 Å². The molecular weight excluding hydrogens is 343 g/mol. The fourth-order valence-electron chi connectivity index (χ4n) is 1.67. The highest BCUT2D eigenvalue weighted by Gasteiger charge is 2.11. The molecule has 2 rings (SSSR count). The van der Waals surface area contributed by atoms with Crippen LogP contribution >= 0.6 is 34.8 Å². The van der Waals surface area contributed by atoms with E-state index in [-0.39, 0.29) is 10.6 Å². The molecule has 0 aliphatic carbocycles. The molecule has 0 radical (unpaired) electrons. The summed E-state index contributed by atoms with van der Waals surface area (Å²) in [6.07, 6.45) is 1.39. The quantitative estimate of drug-likeness (QED) is 0.611. The molecule has 0 atom stereocenters. The van der Waals surface area contributed by atoms with E-state index in [1.165, 1.54) is 6.08 Å². The predicted octanol–water partition coefficient (Wildman–Crippen LogP) is 5.19. The zero-order chi connectivity index (χ0) is 16.1. The van der Waals surface area contributed by atoms with Crippen molar-refractivity contribution in [3.05, 3.63) is 68.7 Å². The van der Waals surface area contributed by atoms with E-state index in [1.54, 1.807) is 42.5 Å². The summed E-state index contributed by atoms with van der Waals surface area (Å²) in [5.41, 5.74) is 0.948. The second kappa shape index (κ2) is 7.33. The maximum atomic E-state index is 12.1. The minimum atomic E-state index is -0.541. The van der Waals surface area contributed by atoms with Crippen LogP contribution in [0.3, 0.4) is 0 Å². The van der Waals surface area contributed by atoms with Crippen LogP contribution in [0.2, 0.25) is 15.1 Å². The van der Waals surface area contributed by atoms with E-state index < -0.39 is 5.91 Å². The van der Waals surface area contributed by atoms with Gasteiger partial charge in [0.15, 0.2) is 0 Å². The van der Waals surface area contributed by atoms with Crippen molar-refractivity contribution in [1.29, 1.82) is 5.26 Å². The Bertz CT molecular complexity index is 777. The largest absolute Gasteiger partial charge is 0.321 e. The number of carbonyl (C=O) groups excluding carboxylic acids is 1. The molecule has 0 bridgehead atoms. The zero-order valence-electron chi connectivity index (χ0n) is 11.1. The van der Waals surface area contributed by atoms with Gasteiger partial charge in [0.1, 0.15) is 11.6 Å². The fraction of sp³-hybridized carbons (Fsp3) is 0. The van der Waals surface area contributed by atoms with Gasteiger partial charge in [-0.15, -0.1) is 0 Å². The second-order valence-corrected chi connectivity index (χ2v) is 5.50. The molecule has 0 aromatic heterocycles. The van der Waals surface area contributed by atoms with E-state index in [1.807, 2.05) is 6.07 Å². The van der Waals surface area contributed by atoms with Crippen LogP contribution in [-0.2, 0) is 4.79 Å². The van der Waals surface area contributed by atoms with Crippen LogP contribution in [0.5, 0.6) is 0 Å². The van der Waals surface area contributed by atoms with Crippen molar-refractivity contribution in [2.45, 2.75) is 0 Å². The van der Waals surface area contributed by atoms with Gasteiger partial charge in [0.05, 0.1) is 10.0 Å². The molecule has 0 saturated carbocycles. The molecule has 0 spiro atoms. The number of nitrogens with one attached hydrogen (secondary N) is 1. The minimum absolute atomic E-state index is 0.0842. The molecule has 0 fully saturated rings. The molecule has 0 heterocycles. The van der Waals surface area contributed by atoms with Crippen LogP contribution in [0.15, 0.2) is 48.0 Å². The number of hydrogen-bond donors (Lipinski definition) is 1. The van der Waals surface area contributed by atoms with Gasteiger partial charge in [0, 0.05) is 10.7 Å². The summed E-state index contributed by atoms with van der Waals surface area (Å²) in [5.74, 6) is -0.541.